The molecule has 0 saturated carbocycles. The van der Waals surface area contributed by atoms with E-state index in [9.17, 15) is 8.42 Å². The highest BCUT2D eigenvalue weighted by Gasteiger charge is 2.02. The van der Waals surface area contributed by atoms with Crippen molar-refractivity contribution in [2.24, 2.45) is 5.14 Å². The van der Waals surface area contributed by atoms with Crippen LogP contribution in [0.5, 0.6) is 5.75 Å². The van der Waals surface area contributed by atoms with Crippen LogP contribution in [0.25, 0.3) is 11.1 Å². The summed E-state index contributed by atoms with van der Waals surface area (Å²) in [6.45, 7) is 0.486. The van der Waals surface area contributed by atoms with Crippen LogP contribution in [0.15, 0.2) is 54.6 Å². The van der Waals surface area contributed by atoms with E-state index >= 15 is 0 Å². The maximum Gasteiger partial charge on any atom is 0.209 e. The summed E-state index contributed by atoms with van der Waals surface area (Å²) in [6.07, 6.45) is 1.18. The lowest BCUT2D eigenvalue weighted by atomic mass is 10.1. The van der Waals surface area contributed by atoms with Crippen molar-refractivity contribution in [1.82, 2.24) is 0 Å². The van der Waals surface area contributed by atoms with E-state index in [1.54, 1.807) is 0 Å². The molecule has 0 atom stereocenters. The molecule has 112 valence electrons. The summed E-state index contributed by atoms with van der Waals surface area (Å²) in [6, 6.07) is 18.0. The van der Waals surface area contributed by atoms with Gasteiger partial charge in [-0.05, 0) is 36.1 Å². The van der Waals surface area contributed by atoms with Crippen LogP contribution in [-0.4, -0.2) is 20.8 Å². The standard InChI is InChI=1S/C16H19NO3S/c17-21(18,19)13-5-4-12-20-16-10-8-15(9-11-16)14-6-2-1-3-7-14/h1-3,6-11H,4-5,12-13H2,(H2,17,18,19). The summed E-state index contributed by atoms with van der Waals surface area (Å²) < 4.78 is 27.1. The van der Waals surface area contributed by atoms with E-state index in [1.165, 1.54) is 0 Å². The van der Waals surface area contributed by atoms with E-state index in [0.29, 0.717) is 19.4 Å². The average Bonchev–Trinajstić information content (AvgIpc) is 2.47. The molecule has 0 aliphatic heterocycles. The normalized spacial score (nSPS) is 11.3. The second-order valence-electron chi connectivity index (χ2n) is 4.81. The molecule has 0 amide bonds. The summed E-state index contributed by atoms with van der Waals surface area (Å²) in [5, 5.41) is 4.93. The Morgan fingerprint density at radius 2 is 1.48 bits per heavy atom. The highest BCUT2D eigenvalue weighted by atomic mass is 32.2. The molecule has 2 aromatic rings. The van der Waals surface area contributed by atoms with Crippen LogP contribution < -0.4 is 9.88 Å². The number of hydrogen-bond acceptors (Lipinski definition) is 3. The van der Waals surface area contributed by atoms with E-state index in [4.69, 9.17) is 9.88 Å². The molecular formula is C16H19NO3S. The van der Waals surface area contributed by atoms with Crippen LogP contribution in [0.1, 0.15) is 12.8 Å². The molecule has 0 heterocycles. The Hall–Kier alpha value is -1.85. The van der Waals surface area contributed by atoms with Gasteiger partial charge in [-0.25, -0.2) is 13.6 Å². The first-order chi connectivity index (χ1) is 10.0. The van der Waals surface area contributed by atoms with Gasteiger partial charge in [0, 0.05) is 0 Å². The largest absolute Gasteiger partial charge is 0.494 e. The summed E-state index contributed by atoms with van der Waals surface area (Å²) >= 11 is 0. The maximum absolute atomic E-state index is 10.8. The molecule has 0 bridgehead atoms. The lowest BCUT2D eigenvalue weighted by Crippen LogP contribution is -2.16. The van der Waals surface area contributed by atoms with E-state index in [0.717, 1.165) is 16.9 Å². The summed E-state index contributed by atoms with van der Waals surface area (Å²) in [7, 11) is -3.36. The zero-order valence-corrected chi connectivity index (χ0v) is 12.6. The van der Waals surface area contributed by atoms with Crippen molar-refractivity contribution in [2.75, 3.05) is 12.4 Å². The molecular weight excluding hydrogens is 286 g/mol. The molecule has 0 fully saturated rings. The first-order valence-corrected chi connectivity index (χ1v) is 8.55. The monoisotopic (exact) mass is 305 g/mol. The van der Waals surface area contributed by atoms with Crippen molar-refractivity contribution in [3.05, 3.63) is 54.6 Å². The third-order valence-corrected chi connectivity index (χ3v) is 3.91. The number of unbranched alkanes of at least 4 members (excludes halogenated alkanes) is 1. The van der Waals surface area contributed by atoms with Gasteiger partial charge in [0.1, 0.15) is 5.75 Å². The fourth-order valence-electron chi connectivity index (χ4n) is 1.97. The minimum absolute atomic E-state index is 0.00328. The Morgan fingerprint density at radius 1 is 0.857 bits per heavy atom. The van der Waals surface area contributed by atoms with Crippen molar-refractivity contribution in [3.63, 3.8) is 0 Å². The van der Waals surface area contributed by atoms with Gasteiger partial charge in [-0.3, -0.25) is 0 Å². The smallest absolute Gasteiger partial charge is 0.209 e. The van der Waals surface area contributed by atoms with Crippen molar-refractivity contribution < 1.29 is 13.2 Å². The molecule has 0 saturated heterocycles. The molecule has 2 aromatic carbocycles. The van der Waals surface area contributed by atoms with Crippen molar-refractivity contribution in [2.45, 2.75) is 12.8 Å². The topological polar surface area (TPSA) is 69.4 Å². The summed E-state index contributed by atoms with van der Waals surface area (Å²) in [5.41, 5.74) is 2.30. The molecule has 21 heavy (non-hydrogen) atoms. The number of rotatable bonds is 7. The Morgan fingerprint density at radius 3 is 2.10 bits per heavy atom. The highest BCUT2D eigenvalue weighted by molar-refractivity contribution is 7.89. The minimum Gasteiger partial charge on any atom is -0.494 e. The van der Waals surface area contributed by atoms with Gasteiger partial charge >= 0.3 is 0 Å². The van der Waals surface area contributed by atoms with Crippen molar-refractivity contribution in [3.8, 4) is 16.9 Å². The van der Waals surface area contributed by atoms with Crippen LogP contribution in [0.2, 0.25) is 0 Å². The minimum atomic E-state index is -3.36. The number of primary sulfonamides is 1. The molecule has 0 aromatic heterocycles. The third kappa shape index (κ3) is 5.57. The van der Waals surface area contributed by atoms with Gasteiger partial charge in [-0.1, -0.05) is 42.5 Å². The molecule has 0 spiro atoms. The van der Waals surface area contributed by atoms with Crippen LogP contribution in [0.3, 0.4) is 0 Å². The van der Waals surface area contributed by atoms with Crippen LogP contribution in [-0.2, 0) is 10.0 Å². The zero-order chi connectivity index (χ0) is 15.1. The van der Waals surface area contributed by atoms with Gasteiger partial charge in [-0.2, -0.15) is 0 Å². The molecule has 0 aliphatic rings. The number of sulfonamides is 1. The maximum atomic E-state index is 10.8. The number of hydrogen-bond donors (Lipinski definition) is 1. The van der Waals surface area contributed by atoms with Crippen LogP contribution in [0, 0.1) is 0 Å². The molecule has 0 unspecified atom stereocenters. The molecule has 5 heteroatoms. The lowest BCUT2D eigenvalue weighted by molar-refractivity contribution is 0.309. The van der Waals surface area contributed by atoms with E-state index in [-0.39, 0.29) is 5.75 Å². The van der Waals surface area contributed by atoms with Gasteiger partial charge < -0.3 is 4.74 Å². The van der Waals surface area contributed by atoms with Gasteiger partial charge in [0.05, 0.1) is 12.4 Å². The predicted octanol–water partition coefficient (Wildman–Crippen LogP) is 2.80. The van der Waals surface area contributed by atoms with Gasteiger partial charge in [0.25, 0.3) is 0 Å². The van der Waals surface area contributed by atoms with E-state index in [2.05, 4.69) is 12.1 Å². The SMILES string of the molecule is NS(=O)(=O)CCCCOc1ccc(-c2ccccc2)cc1. The Balaban J connectivity index is 1.81. The fraction of sp³-hybridized carbons (Fsp3) is 0.250. The Kier molecular flexibility index (Phi) is 5.36. The van der Waals surface area contributed by atoms with Crippen molar-refractivity contribution >= 4 is 10.0 Å². The summed E-state index contributed by atoms with van der Waals surface area (Å²) in [4.78, 5) is 0. The molecule has 4 nitrogen and oxygen atoms in total. The number of nitrogens with two attached hydrogens (primary N) is 1. The van der Waals surface area contributed by atoms with Crippen LogP contribution in [0.4, 0.5) is 0 Å². The lowest BCUT2D eigenvalue weighted by Gasteiger charge is -2.07. The highest BCUT2D eigenvalue weighted by Crippen LogP contribution is 2.22. The molecule has 0 radical (unpaired) electrons. The fourth-order valence-corrected chi connectivity index (χ4v) is 2.58. The second-order valence-corrected chi connectivity index (χ2v) is 6.55. The zero-order valence-electron chi connectivity index (χ0n) is 11.7. The number of benzene rings is 2. The molecule has 0 aliphatic carbocycles. The third-order valence-electron chi connectivity index (χ3n) is 3.05. The Bertz CT molecular complexity index is 652. The van der Waals surface area contributed by atoms with E-state index in [1.807, 2.05) is 42.5 Å². The van der Waals surface area contributed by atoms with Gasteiger partial charge in [0.2, 0.25) is 10.0 Å². The predicted molar refractivity (Wildman–Crippen MR) is 84.6 cm³/mol. The quantitative estimate of drug-likeness (QED) is 0.800. The van der Waals surface area contributed by atoms with Gasteiger partial charge in [0.15, 0.2) is 0 Å². The van der Waals surface area contributed by atoms with Crippen molar-refractivity contribution in [1.29, 1.82) is 0 Å². The average molecular weight is 305 g/mol. The first kappa shape index (κ1) is 15.5. The van der Waals surface area contributed by atoms with E-state index < -0.39 is 10.0 Å². The summed E-state index contributed by atoms with van der Waals surface area (Å²) in [5.74, 6) is 0.786. The second kappa shape index (κ2) is 7.24. The van der Waals surface area contributed by atoms with Crippen LogP contribution >= 0.6 is 0 Å². The first-order valence-electron chi connectivity index (χ1n) is 6.83. The Labute approximate surface area is 125 Å². The van der Waals surface area contributed by atoms with Gasteiger partial charge in [-0.15, -0.1) is 0 Å². The number of ether oxygens (including phenoxy) is 1. The molecule has 2 N–H and O–H groups in total. The molecule has 2 rings (SSSR count).